The Morgan fingerprint density at radius 1 is 1.29 bits per heavy atom. The van der Waals surface area contributed by atoms with E-state index in [1.54, 1.807) is 0 Å². The number of fused-ring (bicyclic) bond motifs is 1. The van der Waals surface area contributed by atoms with Gasteiger partial charge in [0.1, 0.15) is 0 Å². The van der Waals surface area contributed by atoms with E-state index in [9.17, 15) is 0 Å². The van der Waals surface area contributed by atoms with Crippen LogP contribution in [0, 0.1) is 0 Å². The molecule has 2 rings (SSSR count). The van der Waals surface area contributed by atoms with Crippen molar-refractivity contribution in [3.63, 3.8) is 0 Å². The molecule has 0 amide bonds. The molecule has 0 unspecified atom stereocenters. The van der Waals surface area contributed by atoms with Crippen LogP contribution in [0.4, 0.5) is 0 Å². The zero-order chi connectivity index (χ0) is 9.97. The lowest BCUT2D eigenvalue weighted by Crippen LogP contribution is -2.10. The second-order valence-corrected chi connectivity index (χ2v) is 3.67. The molecule has 0 bridgehead atoms. The summed E-state index contributed by atoms with van der Waals surface area (Å²) in [5, 5.41) is 4.50. The fourth-order valence-corrected chi connectivity index (χ4v) is 1.76. The first-order valence-electron chi connectivity index (χ1n) is 5.00. The van der Waals surface area contributed by atoms with Crippen LogP contribution in [-0.2, 0) is 13.5 Å². The molecule has 0 aliphatic heterocycles. The van der Waals surface area contributed by atoms with E-state index in [0.717, 1.165) is 13.0 Å². The van der Waals surface area contributed by atoms with Gasteiger partial charge in [-0.3, -0.25) is 0 Å². The quantitative estimate of drug-likeness (QED) is 0.779. The maximum atomic E-state index is 3.16. The first kappa shape index (κ1) is 9.28. The van der Waals surface area contributed by atoms with E-state index >= 15 is 0 Å². The first-order chi connectivity index (χ1) is 6.81. The molecule has 0 saturated heterocycles. The fourth-order valence-electron chi connectivity index (χ4n) is 1.76. The Kier molecular flexibility index (Phi) is 2.55. The molecule has 2 nitrogen and oxygen atoms in total. The van der Waals surface area contributed by atoms with Crippen molar-refractivity contribution in [1.82, 2.24) is 9.88 Å². The van der Waals surface area contributed by atoms with Crippen LogP contribution < -0.4 is 5.32 Å². The van der Waals surface area contributed by atoms with E-state index in [0.29, 0.717) is 0 Å². The summed E-state index contributed by atoms with van der Waals surface area (Å²) in [5.74, 6) is 0. The molecule has 74 valence electrons. The molecule has 14 heavy (non-hydrogen) atoms. The summed E-state index contributed by atoms with van der Waals surface area (Å²) >= 11 is 0. The molecule has 1 aromatic heterocycles. The third-order valence-corrected chi connectivity index (χ3v) is 2.61. The fraction of sp³-hybridized carbons (Fsp3) is 0.333. The van der Waals surface area contributed by atoms with Crippen LogP contribution in [-0.4, -0.2) is 18.2 Å². The molecule has 1 aromatic carbocycles. The molecule has 2 aromatic rings. The lowest BCUT2D eigenvalue weighted by molar-refractivity contribution is 0.792. The van der Waals surface area contributed by atoms with Gasteiger partial charge in [-0.1, -0.05) is 6.07 Å². The number of nitrogens with one attached hydrogen (secondary N) is 1. The van der Waals surface area contributed by atoms with Crippen LogP contribution in [0.3, 0.4) is 0 Å². The highest BCUT2D eigenvalue weighted by molar-refractivity contribution is 5.80. The molecule has 0 radical (unpaired) electrons. The first-order valence-corrected chi connectivity index (χ1v) is 5.00. The van der Waals surface area contributed by atoms with Gasteiger partial charge in [-0.15, -0.1) is 0 Å². The Morgan fingerprint density at radius 2 is 2.14 bits per heavy atom. The molecular weight excluding hydrogens is 172 g/mol. The van der Waals surface area contributed by atoms with Crippen molar-refractivity contribution in [2.24, 2.45) is 7.05 Å². The summed E-state index contributed by atoms with van der Waals surface area (Å²) in [6.07, 6.45) is 3.20. The summed E-state index contributed by atoms with van der Waals surface area (Å²) in [6, 6.07) is 8.84. The van der Waals surface area contributed by atoms with Crippen LogP contribution >= 0.6 is 0 Å². The summed E-state index contributed by atoms with van der Waals surface area (Å²) in [7, 11) is 4.07. The van der Waals surface area contributed by atoms with Gasteiger partial charge in [0, 0.05) is 18.8 Å². The zero-order valence-corrected chi connectivity index (χ0v) is 8.75. The SMILES string of the molecule is CNCCc1ccc2c(ccn2C)c1. The second kappa shape index (κ2) is 3.84. The van der Waals surface area contributed by atoms with Gasteiger partial charge < -0.3 is 9.88 Å². The predicted molar refractivity (Wildman–Crippen MR) is 60.5 cm³/mol. The maximum absolute atomic E-state index is 3.16. The van der Waals surface area contributed by atoms with Gasteiger partial charge in [-0.25, -0.2) is 0 Å². The molecule has 0 fully saturated rings. The molecule has 0 aliphatic carbocycles. The van der Waals surface area contributed by atoms with Crippen LogP contribution in [0.5, 0.6) is 0 Å². The van der Waals surface area contributed by atoms with Crippen LogP contribution in [0.15, 0.2) is 30.5 Å². The van der Waals surface area contributed by atoms with Crippen LogP contribution in [0.2, 0.25) is 0 Å². The molecule has 0 spiro atoms. The number of aromatic nitrogens is 1. The number of nitrogens with zero attached hydrogens (tertiary/aromatic N) is 1. The highest BCUT2D eigenvalue weighted by atomic mass is 14.9. The number of benzene rings is 1. The number of rotatable bonds is 3. The summed E-state index contributed by atoms with van der Waals surface area (Å²) in [4.78, 5) is 0. The van der Waals surface area contributed by atoms with Crippen LogP contribution in [0.25, 0.3) is 10.9 Å². The van der Waals surface area contributed by atoms with E-state index in [2.05, 4.69) is 47.4 Å². The standard InChI is InChI=1S/C12H16N2/c1-13-7-5-10-3-4-12-11(9-10)6-8-14(12)2/h3-4,6,8-9,13H,5,7H2,1-2H3. The molecule has 1 N–H and O–H groups in total. The van der Waals surface area contributed by atoms with Gasteiger partial charge in [0.05, 0.1) is 0 Å². The van der Waals surface area contributed by atoms with Crippen molar-refractivity contribution >= 4 is 10.9 Å². The maximum Gasteiger partial charge on any atom is 0.0477 e. The Morgan fingerprint density at radius 3 is 2.93 bits per heavy atom. The van der Waals surface area contributed by atoms with E-state index in [1.165, 1.54) is 16.5 Å². The Balaban J connectivity index is 2.32. The molecular formula is C12H16N2. The smallest absolute Gasteiger partial charge is 0.0477 e. The normalized spacial score (nSPS) is 11.0. The average Bonchev–Trinajstić information content (AvgIpc) is 2.57. The lowest BCUT2D eigenvalue weighted by Gasteiger charge is -2.01. The Bertz CT molecular complexity index is 429. The minimum Gasteiger partial charge on any atom is -0.351 e. The minimum atomic E-state index is 1.04. The Hall–Kier alpha value is -1.28. The molecule has 1 heterocycles. The Labute approximate surface area is 84.5 Å². The summed E-state index contributed by atoms with van der Waals surface area (Å²) in [5.41, 5.74) is 2.70. The van der Waals surface area contributed by atoms with E-state index in [-0.39, 0.29) is 0 Å². The van der Waals surface area contributed by atoms with Crippen molar-refractivity contribution in [2.75, 3.05) is 13.6 Å². The zero-order valence-electron chi connectivity index (χ0n) is 8.75. The van der Waals surface area contributed by atoms with Gasteiger partial charge in [-0.2, -0.15) is 0 Å². The van der Waals surface area contributed by atoms with E-state index in [4.69, 9.17) is 0 Å². The van der Waals surface area contributed by atoms with E-state index < -0.39 is 0 Å². The van der Waals surface area contributed by atoms with Crippen molar-refractivity contribution in [3.8, 4) is 0 Å². The molecule has 0 aliphatic rings. The summed E-state index contributed by atoms with van der Waals surface area (Å²) < 4.78 is 2.15. The largest absolute Gasteiger partial charge is 0.351 e. The number of hydrogen-bond donors (Lipinski definition) is 1. The molecule has 2 heteroatoms. The van der Waals surface area contributed by atoms with Gasteiger partial charge in [0.15, 0.2) is 0 Å². The second-order valence-electron chi connectivity index (χ2n) is 3.67. The monoisotopic (exact) mass is 188 g/mol. The van der Waals surface area contributed by atoms with Gasteiger partial charge in [0.2, 0.25) is 0 Å². The highest BCUT2D eigenvalue weighted by Gasteiger charge is 1.98. The average molecular weight is 188 g/mol. The predicted octanol–water partition coefficient (Wildman–Crippen LogP) is 1.94. The highest BCUT2D eigenvalue weighted by Crippen LogP contribution is 2.16. The number of likely N-dealkylation sites (N-methyl/N-ethyl adjacent to an activating group) is 1. The topological polar surface area (TPSA) is 17.0 Å². The van der Waals surface area contributed by atoms with Crippen molar-refractivity contribution in [3.05, 3.63) is 36.0 Å². The lowest BCUT2D eigenvalue weighted by atomic mass is 10.1. The minimum absolute atomic E-state index is 1.04. The van der Waals surface area contributed by atoms with Gasteiger partial charge in [-0.05, 0) is 49.2 Å². The number of aryl methyl sites for hydroxylation is 1. The molecule has 0 atom stereocenters. The third kappa shape index (κ3) is 1.66. The van der Waals surface area contributed by atoms with Gasteiger partial charge >= 0.3 is 0 Å². The van der Waals surface area contributed by atoms with E-state index in [1.807, 2.05) is 7.05 Å². The van der Waals surface area contributed by atoms with Crippen LogP contribution in [0.1, 0.15) is 5.56 Å². The number of hydrogen-bond acceptors (Lipinski definition) is 1. The molecule has 0 saturated carbocycles. The van der Waals surface area contributed by atoms with Gasteiger partial charge in [0.25, 0.3) is 0 Å². The third-order valence-electron chi connectivity index (χ3n) is 2.61. The van der Waals surface area contributed by atoms with Crippen molar-refractivity contribution in [1.29, 1.82) is 0 Å². The van der Waals surface area contributed by atoms with Crippen molar-refractivity contribution in [2.45, 2.75) is 6.42 Å². The summed E-state index contributed by atoms with van der Waals surface area (Å²) in [6.45, 7) is 1.04. The van der Waals surface area contributed by atoms with Crippen molar-refractivity contribution < 1.29 is 0 Å².